The van der Waals surface area contributed by atoms with Gasteiger partial charge in [0.25, 0.3) is 0 Å². The molecule has 1 aromatic carbocycles. The first-order valence-corrected chi connectivity index (χ1v) is 6.40. The molecule has 108 valence electrons. The summed E-state index contributed by atoms with van der Waals surface area (Å²) in [6, 6.07) is 7.63. The SMILES string of the molecule is COC(=O)[C@H]1[C@H](OC)c2ccccc2C[C@H]1C(=O)OC. The van der Waals surface area contributed by atoms with Gasteiger partial charge in [0, 0.05) is 7.11 Å². The Kier molecular flexibility index (Phi) is 4.39. The standard InChI is InChI=1S/C15H18O5/c1-18-13-10-7-5-4-6-9(10)8-11(14(16)19-2)12(13)15(17)20-3/h4-7,11-13H,8H2,1-3H3/t11-,12-,13-/m1/s1. The lowest BCUT2D eigenvalue weighted by Gasteiger charge is -2.35. The highest BCUT2D eigenvalue weighted by Crippen LogP contribution is 2.41. The highest BCUT2D eigenvalue weighted by atomic mass is 16.5. The van der Waals surface area contributed by atoms with Gasteiger partial charge in [-0.05, 0) is 17.5 Å². The summed E-state index contributed by atoms with van der Waals surface area (Å²) in [6.07, 6.45) is -0.0563. The zero-order chi connectivity index (χ0) is 14.7. The van der Waals surface area contributed by atoms with Crippen molar-refractivity contribution in [3.63, 3.8) is 0 Å². The van der Waals surface area contributed by atoms with Crippen molar-refractivity contribution in [3.05, 3.63) is 35.4 Å². The van der Waals surface area contributed by atoms with E-state index >= 15 is 0 Å². The van der Waals surface area contributed by atoms with Crippen molar-refractivity contribution in [2.24, 2.45) is 11.8 Å². The van der Waals surface area contributed by atoms with Gasteiger partial charge in [-0.2, -0.15) is 0 Å². The van der Waals surface area contributed by atoms with Gasteiger partial charge in [-0.25, -0.2) is 0 Å². The van der Waals surface area contributed by atoms with Crippen molar-refractivity contribution in [1.82, 2.24) is 0 Å². The van der Waals surface area contributed by atoms with Gasteiger partial charge in [0.1, 0.15) is 5.92 Å². The van der Waals surface area contributed by atoms with Gasteiger partial charge in [-0.3, -0.25) is 9.59 Å². The van der Waals surface area contributed by atoms with Gasteiger partial charge in [-0.1, -0.05) is 24.3 Å². The molecule has 0 radical (unpaired) electrons. The van der Waals surface area contributed by atoms with Crippen molar-refractivity contribution >= 4 is 11.9 Å². The van der Waals surface area contributed by atoms with Crippen molar-refractivity contribution < 1.29 is 23.8 Å². The number of carbonyl (C=O) groups is 2. The Labute approximate surface area is 117 Å². The van der Waals surface area contributed by atoms with Crippen LogP contribution in [-0.2, 0) is 30.2 Å². The average molecular weight is 278 g/mol. The number of benzene rings is 1. The quantitative estimate of drug-likeness (QED) is 0.784. The first-order valence-electron chi connectivity index (χ1n) is 6.40. The monoisotopic (exact) mass is 278 g/mol. The largest absolute Gasteiger partial charge is 0.469 e. The molecule has 5 nitrogen and oxygen atoms in total. The smallest absolute Gasteiger partial charge is 0.312 e. The number of hydrogen-bond acceptors (Lipinski definition) is 5. The molecule has 0 heterocycles. The Morgan fingerprint density at radius 3 is 2.30 bits per heavy atom. The number of fused-ring (bicyclic) bond motifs is 1. The minimum atomic E-state index is -0.688. The first kappa shape index (κ1) is 14.5. The molecule has 1 aromatic rings. The molecule has 1 aliphatic rings. The summed E-state index contributed by atoms with van der Waals surface area (Å²) in [4.78, 5) is 24.1. The maximum atomic E-state index is 12.1. The molecule has 0 saturated carbocycles. The molecule has 0 fully saturated rings. The number of rotatable bonds is 3. The third kappa shape index (κ3) is 2.41. The minimum absolute atomic E-state index is 0.419. The maximum Gasteiger partial charge on any atom is 0.312 e. The summed E-state index contributed by atoms with van der Waals surface area (Å²) in [5.74, 6) is -2.15. The molecule has 0 spiro atoms. The van der Waals surface area contributed by atoms with Gasteiger partial charge >= 0.3 is 11.9 Å². The van der Waals surface area contributed by atoms with Gasteiger partial charge in [0.05, 0.1) is 26.2 Å². The first-order chi connectivity index (χ1) is 9.63. The summed E-state index contributed by atoms with van der Waals surface area (Å²) >= 11 is 0. The van der Waals surface area contributed by atoms with Crippen molar-refractivity contribution in [2.45, 2.75) is 12.5 Å². The number of esters is 2. The van der Waals surface area contributed by atoms with Crippen LogP contribution in [0.3, 0.4) is 0 Å². The predicted octanol–water partition coefficient (Wildman–Crippen LogP) is 1.51. The Bertz CT molecular complexity index is 511. The lowest BCUT2D eigenvalue weighted by Crippen LogP contribution is -2.41. The highest BCUT2D eigenvalue weighted by molar-refractivity contribution is 5.83. The number of ether oxygens (including phenoxy) is 3. The molecule has 0 unspecified atom stereocenters. The highest BCUT2D eigenvalue weighted by Gasteiger charge is 2.46. The third-order valence-corrected chi connectivity index (χ3v) is 3.79. The molecule has 3 atom stereocenters. The summed E-state index contributed by atoms with van der Waals surface area (Å²) in [7, 11) is 4.15. The lowest BCUT2D eigenvalue weighted by atomic mass is 9.73. The van der Waals surface area contributed by atoms with E-state index in [9.17, 15) is 9.59 Å². The van der Waals surface area contributed by atoms with E-state index < -0.39 is 29.9 Å². The van der Waals surface area contributed by atoms with Crippen LogP contribution < -0.4 is 0 Å². The molecule has 5 heteroatoms. The molecule has 2 rings (SSSR count). The predicted molar refractivity (Wildman–Crippen MR) is 70.9 cm³/mol. The van der Waals surface area contributed by atoms with Gasteiger partial charge in [-0.15, -0.1) is 0 Å². The maximum absolute atomic E-state index is 12.1. The van der Waals surface area contributed by atoms with Gasteiger partial charge in [0.15, 0.2) is 0 Å². The number of hydrogen-bond donors (Lipinski definition) is 0. The normalized spacial score (nSPS) is 24.6. The van der Waals surface area contributed by atoms with Crippen LogP contribution in [0.5, 0.6) is 0 Å². The summed E-state index contributed by atoms with van der Waals surface area (Å²) in [5, 5.41) is 0. The number of carbonyl (C=O) groups excluding carboxylic acids is 2. The van der Waals surface area contributed by atoms with E-state index in [0.29, 0.717) is 6.42 Å². The Morgan fingerprint density at radius 2 is 1.70 bits per heavy atom. The van der Waals surface area contributed by atoms with E-state index in [0.717, 1.165) is 11.1 Å². The molecule has 0 aliphatic heterocycles. The van der Waals surface area contributed by atoms with Gasteiger partial charge in [0.2, 0.25) is 0 Å². The summed E-state index contributed by atoms with van der Waals surface area (Å²) in [5.41, 5.74) is 1.92. The molecule has 0 amide bonds. The molecule has 0 saturated heterocycles. The molecule has 1 aliphatic carbocycles. The fourth-order valence-electron chi connectivity index (χ4n) is 2.84. The third-order valence-electron chi connectivity index (χ3n) is 3.79. The molecular weight excluding hydrogens is 260 g/mol. The molecule has 0 bridgehead atoms. The van der Waals surface area contributed by atoms with E-state index in [-0.39, 0.29) is 0 Å². The number of methoxy groups -OCH3 is 3. The Balaban J connectivity index is 2.49. The van der Waals surface area contributed by atoms with Crippen molar-refractivity contribution in [1.29, 1.82) is 0 Å². The lowest BCUT2D eigenvalue weighted by molar-refractivity contribution is -0.165. The summed E-state index contributed by atoms with van der Waals surface area (Å²) in [6.45, 7) is 0. The zero-order valence-electron chi connectivity index (χ0n) is 11.8. The van der Waals surface area contributed by atoms with E-state index in [2.05, 4.69) is 0 Å². The second kappa shape index (κ2) is 6.05. The van der Waals surface area contributed by atoms with Crippen molar-refractivity contribution in [3.8, 4) is 0 Å². The Hall–Kier alpha value is -1.88. The van der Waals surface area contributed by atoms with E-state index in [1.807, 2.05) is 24.3 Å². The molecular formula is C15H18O5. The van der Waals surface area contributed by atoms with Crippen LogP contribution in [0.25, 0.3) is 0 Å². The second-order valence-corrected chi connectivity index (χ2v) is 4.74. The van der Waals surface area contributed by atoms with Crippen LogP contribution in [0.4, 0.5) is 0 Å². The van der Waals surface area contributed by atoms with Crippen molar-refractivity contribution in [2.75, 3.05) is 21.3 Å². The minimum Gasteiger partial charge on any atom is -0.469 e. The molecule has 20 heavy (non-hydrogen) atoms. The van der Waals surface area contributed by atoms with Crippen LogP contribution in [0, 0.1) is 11.8 Å². The van der Waals surface area contributed by atoms with Crippen LogP contribution in [0.2, 0.25) is 0 Å². The fraction of sp³-hybridized carbons (Fsp3) is 0.467. The summed E-state index contributed by atoms with van der Waals surface area (Å²) < 4.78 is 15.1. The second-order valence-electron chi connectivity index (χ2n) is 4.74. The average Bonchev–Trinajstić information content (AvgIpc) is 2.51. The van der Waals surface area contributed by atoms with E-state index in [1.54, 1.807) is 0 Å². The van der Waals surface area contributed by atoms with Crippen LogP contribution in [-0.4, -0.2) is 33.3 Å². The van der Waals surface area contributed by atoms with Gasteiger partial charge < -0.3 is 14.2 Å². The van der Waals surface area contributed by atoms with Crippen LogP contribution in [0.1, 0.15) is 17.2 Å². The fourth-order valence-corrected chi connectivity index (χ4v) is 2.84. The van der Waals surface area contributed by atoms with Crippen LogP contribution >= 0.6 is 0 Å². The van der Waals surface area contributed by atoms with E-state index in [1.165, 1.54) is 21.3 Å². The molecule has 0 N–H and O–H groups in total. The van der Waals surface area contributed by atoms with Crippen LogP contribution in [0.15, 0.2) is 24.3 Å². The Morgan fingerprint density at radius 1 is 1.05 bits per heavy atom. The van der Waals surface area contributed by atoms with E-state index in [4.69, 9.17) is 14.2 Å². The zero-order valence-corrected chi connectivity index (χ0v) is 11.8. The topological polar surface area (TPSA) is 61.8 Å². The molecule has 0 aromatic heterocycles.